The van der Waals surface area contributed by atoms with Gasteiger partial charge in [0.2, 0.25) is 0 Å². The van der Waals surface area contributed by atoms with E-state index in [4.69, 9.17) is 16.3 Å². The Morgan fingerprint density at radius 3 is 2.85 bits per heavy atom. The predicted octanol–water partition coefficient (Wildman–Crippen LogP) is 4.90. The molecule has 0 amide bonds. The van der Waals surface area contributed by atoms with E-state index in [1.54, 1.807) is 0 Å². The molecule has 0 bridgehead atoms. The lowest BCUT2D eigenvalue weighted by Crippen LogP contribution is -2.22. The van der Waals surface area contributed by atoms with Crippen LogP contribution in [-0.2, 0) is 6.42 Å². The van der Waals surface area contributed by atoms with E-state index >= 15 is 0 Å². The number of fused-ring (bicyclic) bond motifs is 1. The van der Waals surface area contributed by atoms with Crippen LogP contribution >= 0.6 is 11.6 Å². The van der Waals surface area contributed by atoms with Gasteiger partial charge in [-0.15, -0.1) is 0 Å². The van der Waals surface area contributed by atoms with Gasteiger partial charge in [0.15, 0.2) is 0 Å². The van der Waals surface area contributed by atoms with E-state index in [0.717, 1.165) is 43.2 Å². The number of benzene rings is 1. The summed E-state index contributed by atoms with van der Waals surface area (Å²) in [6, 6.07) is 4.51. The lowest BCUT2D eigenvalue weighted by atomic mass is 9.97. The van der Waals surface area contributed by atoms with Gasteiger partial charge < -0.3 is 10.1 Å². The number of rotatable bonds is 8. The van der Waals surface area contributed by atoms with Crippen molar-refractivity contribution in [2.45, 2.75) is 58.4 Å². The van der Waals surface area contributed by atoms with Crippen molar-refractivity contribution < 1.29 is 4.74 Å². The normalized spacial score (nSPS) is 14.9. The SMILES string of the molecule is CCCCCC(NCCC)c1cc(Cl)cc2c1OCC2. The molecule has 0 saturated heterocycles. The minimum absolute atomic E-state index is 0.368. The molecule has 0 saturated carbocycles. The van der Waals surface area contributed by atoms with Crippen LogP contribution in [0.2, 0.25) is 5.02 Å². The molecule has 0 fully saturated rings. The molecule has 0 aliphatic carbocycles. The Morgan fingerprint density at radius 2 is 2.10 bits per heavy atom. The molecule has 112 valence electrons. The Labute approximate surface area is 127 Å². The number of hydrogen-bond acceptors (Lipinski definition) is 2. The first-order valence-corrected chi connectivity index (χ1v) is 8.32. The summed E-state index contributed by atoms with van der Waals surface area (Å²) in [5.74, 6) is 1.08. The Kier molecular flexibility index (Phi) is 6.18. The van der Waals surface area contributed by atoms with Crippen LogP contribution in [0, 0.1) is 0 Å². The highest BCUT2D eigenvalue weighted by atomic mass is 35.5. The van der Waals surface area contributed by atoms with Gasteiger partial charge in [0.1, 0.15) is 5.75 Å². The molecule has 1 aliphatic heterocycles. The first-order valence-electron chi connectivity index (χ1n) is 7.94. The second-order valence-corrected chi connectivity index (χ2v) is 6.02. The summed E-state index contributed by atoms with van der Waals surface area (Å²) >= 11 is 6.28. The maximum Gasteiger partial charge on any atom is 0.127 e. The van der Waals surface area contributed by atoms with Crippen LogP contribution in [0.15, 0.2) is 12.1 Å². The summed E-state index contributed by atoms with van der Waals surface area (Å²) in [5, 5.41) is 4.50. The second-order valence-electron chi connectivity index (χ2n) is 5.58. The van der Waals surface area contributed by atoms with Gasteiger partial charge in [-0.3, -0.25) is 0 Å². The van der Waals surface area contributed by atoms with Crippen molar-refractivity contribution in [2.75, 3.05) is 13.2 Å². The molecule has 20 heavy (non-hydrogen) atoms. The van der Waals surface area contributed by atoms with E-state index in [0.29, 0.717) is 6.04 Å². The molecule has 1 aromatic rings. The molecule has 2 rings (SSSR count). The third kappa shape index (κ3) is 3.89. The smallest absolute Gasteiger partial charge is 0.127 e. The standard InChI is InChI=1S/C17H26ClNO/c1-3-5-6-7-16(19-9-4-2)15-12-14(18)11-13-8-10-20-17(13)15/h11-12,16,19H,3-10H2,1-2H3. The number of halogens is 1. The van der Waals surface area contributed by atoms with Gasteiger partial charge >= 0.3 is 0 Å². The summed E-state index contributed by atoms with van der Waals surface area (Å²) in [5.41, 5.74) is 2.53. The molecule has 1 aliphatic rings. The molecule has 0 spiro atoms. The highest BCUT2D eigenvalue weighted by Crippen LogP contribution is 2.37. The minimum Gasteiger partial charge on any atom is -0.493 e. The Balaban J connectivity index is 2.18. The molecular weight excluding hydrogens is 270 g/mol. The van der Waals surface area contributed by atoms with Crippen molar-refractivity contribution in [1.29, 1.82) is 0 Å². The van der Waals surface area contributed by atoms with E-state index < -0.39 is 0 Å². The van der Waals surface area contributed by atoms with Gasteiger partial charge in [-0.2, -0.15) is 0 Å². The number of ether oxygens (including phenoxy) is 1. The molecular formula is C17H26ClNO. The lowest BCUT2D eigenvalue weighted by molar-refractivity contribution is 0.345. The Hall–Kier alpha value is -0.730. The number of nitrogens with one attached hydrogen (secondary N) is 1. The number of hydrogen-bond donors (Lipinski definition) is 1. The molecule has 1 aromatic carbocycles. The summed E-state index contributed by atoms with van der Waals surface area (Å²) < 4.78 is 5.85. The zero-order chi connectivity index (χ0) is 14.4. The van der Waals surface area contributed by atoms with Crippen molar-refractivity contribution in [2.24, 2.45) is 0 Å². The largest absolute Gasteiger partial charge is 0.493 e. The Bertz CT molecular complexity index is 433. The average molecular weight is 296 g/mol. The van der Waals surface area contributed by atoms with Gasteiger partial charge in [-0.25, -0.2) is 0 Å². The molecule has 1 heterocycles. The van der Waals surface area contributed by atoms with Crippen LogP contribution in [0.25, 0.3) is 0 Å². The van der Waals surface area contributed by atoms with Crippen LogP contribution in [0.4, 0.5) is 0 Å². The van der Waals surface area contributed by atoms with Crippen molar-refractivity contribution in [3.63, 3.8) is 0 Å². The molecule has 0 radical (unpaired) electrons. The molecule has 3 heteroatoms. The highest BCUT2D eigenvalue weighted by Gasteiger charge is 2.22. The van der Waals surface area contributed by atoms with Crippen molar-refractivity contribution in [3.8, 4) is 5.75 Å². The fourth-order valence-electron chi connectivity index (χ4n) is 2.84. The fourth-order valence-corrected chi connectivity index (χ4v) is 3.09. The van der Waals surface area contributed by atoms with Crippen LogP contribution in [-0.4, -0.2) is 13.2 Å². The average Bonchev–Trinajstić information content (AvgIpc) is 2.90. The molecule has 1 atom stereocenters. The molecule has 0 aromatic heterocycles. The summed E-state index contributed by atoms with van der Waals surface area (Å²) in [4.78, 5) is 0. The molecule has 1 unspecified atom stereocenters. The quantitative estimate of drug-likeness (QED) is 0.689. The van der Waals surface area contributed by atoms with Crippen LogP contribution in [0.5, 0.6) is 5.75 Å². The van der Waals surface area contributed by atoms with Crippen LogP contribution in [0.1, 0.15) is 63.1 Å². The van der Waals surface area contributed by atoms with E-state index in [9.17, 15) is 0 Å². The zero-order valence-corrected chi connectivity index (χ0v) is 13.4. The third-order valence-corrected chi connectivity index (χ3v) is 4.11. The van der Waals surface area contributed by atoms with Crippen molar-refractivity contribution in [3.05, 3.63) is 28.3 Å². The predicted molar refractivity (Wildman–Crippen MR) is 85.8 cm³/mol. The molecule has 2 nitrogen and oxygen atoms in total. The first-order chi connectivity index (χ1) is 9.76. The zero-order valence-electron chi connectivity index (χ0n) is 12.7. The van der Waals surface area contributed by atoms with Gasteiger partial charge in [0.05, 0.1) is 6.61 Å². The maximum absolute atomic E-state index is 6.28. The number of unbranched alkanes of at least 4 members (excludes halogenated alkanes) is 2. The topological polar surface area (TPSA) is 21.3 Å². The lowest BCUT2D eigenvalue weighted by Gasteiger charge is -2.21. The van der Waals surface area contributed by atoms with Gasteiger partial charge in [0, 0.05) is 23.0 Å². The van der Waals surface area contributed by atoms with Crippen LogP contribution in [0.3, 0.4) is 0 Å². The van der Waals surface area contributed by atoms with Gasteiger partial charge in [-0.05, 0) is 37.1 Å². The first kappa shape index (κ1) is 15.7. The summed E-state index contributed by atoms with van der Waals surface area (Å²) in [7, 11) is 0. The van der Waals surface area contributed by atoms with E-state index in [1.807, 2.05) is 0 Å². The summed E-state index contributed by atoms with van der Waals surface area (Å²) in [6.45, 7) is 6.28. The molecule has 1 N–H and O–H groups in total. The van der Waals surface area contributed by atoms with Crippen LogP contribution < -0.4 is 10.1 Å². The summed E-state index contributed by atoms with van der Waals surface area (Å²) in [6.07, 6.45) is 7.08. The van der Waals surface area contributed by atoms with Gasteiger partial charge in [0.25, 0.3) is 0 Å². The van der Waals surface area contributed by atoms with Crippen molar-refractivity contribution in [1.82, 2.24) is 5.32 Å². The Morgan fingerprint density at radius 1 is 1.25 bits per heavy atom. The van der Waals surface area contributed by atoms with Gasteiger partial charge in [-0.1, -0.05) is 44.7 Å². The highest BCUT2D eigenvalue weighted by molar-refractivity contribution is 6.30. The van der Waals surface area contributed by atoms with Crippen molar-refractivity contribution >= 4 is 11.6 Å². The maximum atomic E-state index is 6.28. The monoisotopic (exact) mass is 295 g/mol. The minimum atomic E-state index is 0.368. The fraction of sp³-hybridized carbons (Fsp3) is 0.647. The van der Waals surface area contributed by atoms with E-state index in [1.165, 1.54) is 30.4 Å². The van der Waals surface area contributed by atoms with E-state index in [2.05, 4.69) is 31.3 Å². The third-order valence-electron chi connectivity index (χ3n) is 3.89. The van der Waals surface area contributed by atoms with E-state index in [-0.39, 0.29) is 0 Å². The second kappa shape index (κ2) is 7.90.